The topological polar surface area (TPSA) is 70.5 Å². The van der Waals surface area contributed by atoms with Crippen LogP contribution in [0.2, 0.25) is 5.02 Å². The van der Waals surface area contributed by atoms with Gasteiger partial charge in [-0.1, -0.05) is 17.7 Å². The van der Waals surface area contributed by atoms with Crippen molar-refractivity contribution in [2.45, 2.75) is 13.0 Å². The first kappa shape index (κ1) is 18.6. The fourth-order valence-corrected chi connectivity index (χ4v) is 3.74. The molecule has 1 fully saturated rings. The standard InChI is InChI=1S/C20H22ClN7/c1-15(19-14-28(25-24-19)18-6-2-5-17(21)12-18)26-8-10-27(11-9-26)20-16(13-22)4-3-7-23-20/h2-7,12,14-15,24-25H,8-11H2,1H3. The molecule has 2 N–H and O–H groups in total. The van der Waals surface area contributed by atoms with E-state index in [1.807, 2.05) is 35.3 Å². The summed E-state index contributed by atoms with van der Waals surface area (Å²) in [5.74, 6) is 0.782. The Labute approximate surface area is 169 Å². The maximum atomic E-state index is 9.31. The van der Waals surface area contributed by atoms with Crippen LogP contribution in [0.25, 0.3) is 0 Å². The van der Waals surface area contributed by atoms with Crippen molar-refractivity contribution in [2.75, 3.05) is 36.1 Å². The average molecular weight is 396 g/mol. The summed E-state index contributed by atoms with van der Waals surface area (Å²) >= 11 is 6.10. The molecule has 0 saturated carbocycles. The van der Waals surface area contributed by atoms with Crippen LogP contribution in [-0.2, 0) is 0 Å². The second kappa shape index (κ2) is 8.07. The van der Waals surface area contributed by atoms with Crippen molar-refractivity contribution in [1.29, 1.82) is 5.26 Å². The van der Waals surface area contributed by atoms with Crippen molar-refractivity contribution in [3.8, 4) is 6.07 Å². The fraction of sp³-hybridized carbons (Fsp3) is 0.300. The molecule has 1 saturated heterocycles. The number of nitrogens with one attached hydrogen (secondary N) is 2. The van der Waals surface area contributed by atoms with Gasteiger partial charge in [0.1, 0.15) is 11.9 Å². The van der Waals surface area contributed by atoms with Crippen molar-refractivity contribution >= 4 is 23.1 Å². The third-order valence-corrected chi connectivity index (χ3v) is 5.43. The van der Waals surface area contributed by atoms with Crippen LogP contribution in [0.1, 0.15) is 12.5 Å². The van der Waals surface area contributed by atoms with E-state index in [0.29, 0.717) is 10.6 Å². The van der Waals surface area contributed by atoms with E-state index in [4.69, 9.17) is 11.6 Å². The van der Waals surface area contributed by atoms with Crippen molar-refractivity contribution in [2.24, 2.45) is 0 Å². The van der Waals surface area contributed by atoms with Gasteiger partial charge in [0.05, 0.1) is 16.9 Å². The van der Waals surface area contributed by atoms with Crippen LogP contribution in [0.4, 0.5) is 11.5 Å². The molecule has 8 heteroatoms. The van der Waals surface area contributed by atoms with Gasteiger partial charge in [-0.15, -0.1) is 5.53 Å². The first-order valence-corrected chi connectivity index (χ1v) is 9.66. The van der Waals surface area contributed by atoms with Crippen molar-refractivity contribution < 1.29 is 0 Å². The lowest BCUT2D eigenvalue weighted by molar-refractivity contribution is 0.213. The predicted octanol–water partition coefficient (Wildman–Crippen LogP) is 2.49. The number of benzene rings is 1. The number of nitrogens with zero attached hydrogens (tertiary/aromatic N) is 5. The summed E-state index contributed by atoms with van der Waals surface area (Å²) in [6.07, 6.45) is 3.81. The summed E-state index contributed by atoms with van der Waals surface area (Å²) in [5.41, 5.74) is 9.14. The Kier molecular flexibility index (Phi) is 5.35. The molecule has 2 aliphatic heterocycles. The largest absolute Gasteiger partial charge is 0.353 e. The van der Waals surface area contributed by atoms with Gasteiger partial charge in [0.2, 0.25) is 0 Å². The zero-order chi connectivity index (χ0) is 19.5. The molecule has 0 aliphatic carbocycles. The van der Waals surface area contributed by atoms with Gasteiger partial charge in [0.15, 0.2) is 0 Å². The number of halogens is 1. The Bertz CT molecular complexity index is 915. The Balaban J connectivity index is 1.40. The monoisotopic (exact) mass is 395 g/mol. The van der Waals surface area contributed by atoms with Gasteiger partial charge in [-0.25, -0.2) is 4.98 Å². The minimum absolute atomic E-state index is 0.234. The number of hydrazine groups is 2. The first-order valence-electron chi connectivity index (χ1n) is 9.28. The summed E-state index contributed by atoms with van der Waals surface area (Å²) in [4.78, 5) is 9.02. The molecule has 4 rings (SSSR count). The lowest BCUT2D eigenvalue weighted by Crippen LogP contribution is -2.51. The number of hydrogen-bond donors (Lipinski definition) is 2. The lowest BCUT2D eigenvalue weighted by atomic mass is 10.1. The van der Waals surface area contributed by atoms with Crippen LogP contribution in [0.15, 0.2) is 54.5 Å². The Hall–Kier alpha value is -2.79. The minimum atomic E-state index is 0.234. The molecular formula is C20H22ClN7. The zero-order valence-electron chi connectivity index (χ0n) is 15.6. The highest BCUT2D eigenvalue weighted by Crippen LogP contribution is 2.23. The number of piperazine rings is 1. The number of aromatic nitrogens is 1. The first-order chi connectivity index (χ1) is 13.7. The van der Waals surface area contributed by atoms with E-state index in [1.165, 1.54) is 0 Å². The summed E-state index contributed by atoms with van der Waals surface area (Å²) < 4.78 is 0. The van der Waals surface area contributed by atoms with E-state index >= 15 is 0 Å². The third-order valence-electron chi connectivity index (χ3n) is 5.19. The summed E-state index contributed by atoms with van der Waals surface area (Å²) in [6, 6.07) is 13.8. The molecule has 0 amide bonds. The van der Waals surface area contributed by atoms with Gasteiger partial charge in [-0.3, -0.25) is 9.91 Å². The summed E-state index contributed by atoms with van der Waals surface area (Å²) in [5, 5.41) is 11.9. The van der Waals surface area contributed by atoms with Crippen molar-refractivity contribution in [3.05, 3.63) is 65.1 Å². The van der Waals surface area contributed by atoms with Gasteiger partial charge in [0, 0.05) is 49.6 Å². The van der Waals surface area contributed by atoms with Crippen LogP contribution >= 0.6 is 11.6 Å². The van der Waals surface area contributed by atoms with E-state index < -0.39 is 0 Å². The molecule has 1 aromatic heterocycles. The lowest BCUT2D eigenvalue weighted by Gasteiger charge is -2.38. The highest BCUT2D eigenvalue weighted by molar-refractivity contribution is 6.30. The second-order valence-corrected chi connectivity index (χ2v) is 7.29. The third kappa shape index (κ3) is 3.76. The van der Waals surface area contributed by atoms with Gasteiger partial charge < -0.3 is 10.3 Å². The Morgan fingerprint density at radius 3 is 2.75 bits per heavy atom. The molecule has 7 nitrogen and oxygen atoms in total. The Morgan fingerprint density at radius 1 is 1.18 bits per heavy atom. The van der Waals surface area contributed by atoms with E-state index in [-0.39, 0.29) is 6.04 Å². The predicted molar refractivity (Wildman–Crippen MR) is 110 cm³/mol. The molecule has 1 unspecified atom stereocenters. The number of anilines is 2. The molecule has 144 valence electrons. The molecule has 1 atom stereocenters. The fourth-order valence-electron chi connectivity index (χ4n) is 3.56. The average Bonchev–Trinajstić information content (AvgIpc) is 3.24. The van der Waals surface area contributed by atoms with Crippen LogP contribution in [0.3, 0.4) is 0 Å². The summed E-state index contributed by atoms with van der Waals surface area (Å²) in [6.45, 7) is 5.68. The molecule has 2 aliphatic rings. The maximum absolute atomic E-state index is 9.31. The van der Waals surface area contributed by atoms with E-state index in [0.717, 1.165) is 43.4 Å². The quantitative estimate of drug-likeness (QED) is 0.824. The van der Waals surface area contributed by atoms with Crippen molar-refractivity contribution in [1.82, 2.24) is 20.8 Å². The molecule has 1 aromatic carbocycles. The van der Waals surface area contributed by atoms with Gasteiger partial charge >= 0.3 is 0 Å². The SMILES string of the molecule is CC(C1=CN(c2cccc(Cl)c2)NN1)N1CCN(c2ncccc2C#N)CC1. The molecule has 0 radical (unpaired) electrons. The van der Waals surface area contributed by atoms with Crippen LogP contribution < -0.4 is 20.9 Å². The maximum Gasteiger partial charge on any atom is 0.146 e. The number of hydrogen-bond acceptors (Lipinski definition) is 7. The number of nitriles is 1. The van der Waals surface area contributed by atoms with Crippen LogP contribution in [-0.4, -0.2) is 42.1 Å². The number of pyridine rings is 1. The van der Waals surface area contributed by atoms with Gasteiger partial charge in [-0.05, 0) is 37.3 Å². The van der Waals surface area contributed by atoms with E-state index in [1.54, 1.807) is 12.3 Å². The number of rotatable bonds is 4. The van der Waals surface area contributed by atoms with Gasteiger partial charge in [0.25, 0.3) is 0 Å². The molecule has 0 spiro atoms. The van der Waals surface area contributed by atoms with Crippen LogP contribution in [0.5, 0.6) is 0 Å². The zero-order valence-corrected chi connectivity index (χ0v) is 16.4. The molecule has 28 heavy (non-hydrogen) atoms. The normalized spacial score (nSPS) is 18.4. The Morgan fingerprint density at radius 2 is 2.00 bits per heavy atom. The molecule has 3 heterocycles. The van der Waals surface area contributed by atoms with E-state index in [2.05, 4.69) is 44.9 Å². The second-order valence-electron chi connectivity index (χ2n) is 6.86. The minimum Gasteiger partial charge on any atom is -0.353 e. The summed E-state index contributed by atoms with van der Waals surface area (Å²) in [7, 11) is 0. The molecular weight excluding hydrogens is 374 g/mol. The van der Waals surface area contributed by atoms with Crippen molar-refractivity contribution in [3.63, 3.8) is 0 Å². The molecule has 2 aromatic rings. The van der Waals surface area contributed by atoms with Crippen LogP contribution in [0, 0.1) is 11.3 Å². The highest BCUT2D eigenvalue weighted by atomic mass is 35.5. The van der Waals surface area contributed by atoms with Gasteiger partial charge in [-0.2, -0.15) is 5.26 Å². The highest BCUT2D eigenvalue weighted by Gasteiger charge is 2.27. The smallest absolute Gasteiger partial charge is 0.146 e. The van der Waals surface area contributed by atoms with E-state index in [9.17, 15) is 5.26 Å². The molecule has 0 bridgehead atoms.